The van der Waals surface area contributed by atoms with Gasteiger partial charge in [0.15, 0.2) is 0 Å². The molecule has 1 aromatic rings. The summed E-state index contributed by atoms with van der Waals surface area (Å²) in [5, 5.41) is 6.02. The summed E-state index contributed by atoms with van der Waals surface area (Å²) in [5.41, 5.74) is 2.96. The average molecular weight is 328 g/mol. The molecule has 0 aliphatic heterocycles. The van der Waals surface area contributed by atoms with Gasteiger partial charge in [0, 0.05) is 12.6 Å². The molecule has 3 aliphatic rings. The Morgan fingerprint density at radius 3 is 2.92 bits per heavy atom. The maximum Gasteiger partial charge on any atom is 0.315 e. The first-order valence-electron chi connectivity index (χ1n) is 8.87. The van der Waals surface area contributed by atoms with Crippen molar-refractivity contribution in [2.75, 3.05) is 13.7 Å². The van der Waals surface area contributed by atoms with Gasteiger partial charge in [-0.25, -0.2) is 4.79 Å². The summed E-state index contributed by atoms with van der Waals surface area (Å²) < 4.78 is 4.78. The number of amides is 2. The molecule has 2 N–H and O–H groups in total. The normalized spacial score (nSPS) is 32.6. The fourth-order valence-electron chi connectivity index (χ4n) is 4.70. The van der Waals surface area contributed by atoms with Crippen LogP contribution in [0.1, 0.15) is 36.3 Å². The summed E-state index contributed by atoms with van der Waals surface area (Å²) in [4.78, 5) is 23.6. The van der Waals surface area contributed by atoms with Crippen molar-refractivity contribution in [3.05, 3.63) is 35.4 Å². The Kier molecular flexibility index (Phi) is 3.94. The van der Waals surface area contributed by atoms with Crippen LogP contribution in [0.2, 0.25) is 0 Å². The molecule has 2 fully saturated rings. The zero-order valence-corrected chi connectivity index (χ0v) is 14.0. The van der Waals surface area contributed by atoms with Crippen LogP contribution in [-0.2, 0) is 16.0 Å². The molecule has 2 amide bonds. The summed E-state index contributed by atoms with van der Waals surface area (Å²) in [6.07, 6.45) is 3.47. The number of carbonyl (C=O) groups is 2. The molecule has 0 heterocycles. The standard InChI is InChI=1S/C19H24N2O3/c1-24-18(22)12-6-7-13(8-12)21-19(23)20-10-16-15-9-11-4-2-3-5-14(11)17(15)16/h2-5,12-13,15-17H,6-10H2,1H3,(H2,20,21,23)/t12-,13+,15+,16+,17-/m0/s1. The van der Waals surface area contributed by atoms with Gasteiger partial charge in [0.25, 0.3) is 0 Å². The first-order valence-corrected chi connectivity index (χ1v) is 8.87. The summed E-state index contributed by atoms with van der Waals surface area (Å²) in [6.45, 7) is 0.739. The predicted molar refractivity (Wildman–Crippen MR) is 89.5 cm³/mol. The Balaban J connectivity index is 1.21. The highest BCUT2D eigenvalue weighted by Crippen LogP contribution is 2.60. The molecule has 3 aliphatic carbocycles. The molecule has 24 heavy (non-hydrogen) atoms. The van der Waals surface area contributed by atoms with Gasteiger partial charge in [0.05, 0.1) is 13.0 Å². The highest BCUT2D eigenvalue weighted by Gasteiger charge is 2.55. The van der Waals surface area contributed by atoms with E-state index in [4.69, 9.17) is 4.74 Å². The van der Waals surface area contributed by atoms with Crippen molar-refractivity contribution in [2.45, 2.75) is 37.6 Å². The van der Waals surface area contributed by atoms with E-state index in [1.807, 2.05) is 0 Å². The van der Waals surface area contributed by atoms with E-state index >= 15 is 0 Å². The Hall–Kier alpha value is -2.04. The van der Waals surface area contributed by atoms with Crippen molar-refractivity contribution in [1.29, 1.82) is 0 Å². The van der Waals surface area contributed by atoms with Crippen LogP contribution in [0.5, 0.6) is 0 Å². The van der Waals surface area contributed by atoms with Crippen LogP contribution in [0, 0.1) is 17.8 Å². The predicted octanol–water partition coefficient (Wildman–Crippen LogP) is 2.21. The maximum atomic E-state index is 12.1. The number of hydrogen-bond acceptors (Lipinski definition) is 3. The van der Waals surface area contributed by atoms with Gasteiger partial charge in [-0.05, 0) is 54.6 Å². The van der Waals surface area contributed by atoms with Gasteiger partial charge in [0.2, 0.25) is 0 Å². The van der Waals surface area contributed by atoms with E-state index in [1.54, 1.807) is 0 Å². The van der Waals surface area contributed by atoms with E-state index in [9.17, 15) is 9.59 Å². The summed E-state index contributed by atoms with van der Waals surface area (Å²) in [6, 6.07) is 8.63. The third-order valence-electron chi connectivity index (χ3n) is 6.00. The second-order valence-corrected chi connectivity index (χ2v) is 7.34. The number of methoxy groups -OCH3 is 1. The third kappa shape index (κ3) is 2.76. The summed E-state index contributed by atoms with van der Waals surface area (Å²) >= 11 is 0. The van der Waals surface area contributed by atoms with Gasteiger partial charge in [-0.1, -0.05) is 24.3 Å². The van der Waals surface area contributed by atoms with Gasteiger partial charge < -0.3 is 15.4 Å². The average Bonchev–Trinajstić information content (AvgIpc) is 2.94. The smallest absolute Gasteiger partial charge is 0.315 e. The molecule has 0 saturated heterocycles. The number of nitrogens with one attached hydrogen (secondary N) is 2. The maximum absolute atomic E-state index is 12.1. The number of hydrogen-bond donors (Lipinski definition) is 2. The molecule has 0 unspecified atom stereocenters. The Bertz CT molecular complexity index is 660. The molecule has 2 saturated carbocycles. The number of ether oxygens (including phenoxy) is 1. The Morgan fingerprint density at radius 1 is 1.25 bits per heavy atom. The van der Waals surface area contributed by atoms with E-state index in [1.165, 1.54) is 18.2 Å². The van der Waals surface area contributed by atoms with Crippen molar-refractivity contribution < 1.29 is 14.3 Å². The van der Waals surface area contributed by atoms with Gasteiger partial charge in [-0.2, -0.15) is 0 Å². The van der Waals surface area contributed by atoms with Crippen molar-refractivity contribution >= 4 is 12.0 Å². The van der Waals surface area contributed by atoms with Crippen molar-refractivity contribution in [3.8, 4) is 0 Å². The second kappa shape index (κ2) is 6.11. The zero-order valence-electron chi connectivity index (χ0n) is 14.0. The molecular formula is C19H24N2O3. The minimum atomic E-state index is -0.163. The molecule has 4 rings (SSSR count). The Morgan fingerprint density at radius 2 is 2.08 bits per heavy atom. The van der Waals surface area contributed by atoms with Crippen LogP contribution < -0.4 is 10.6 Å². The largest absolute Gasteiger partial charge is 0.469 e. The van der Waals surface area contributed by atoms with Crippen LogP contribution in [-0.4, -0.2) is 31.7 Å². The number of urea groups is 1. The highest BCUT2D eigenvalue weighted by atomic mass is 16.5. The number of carbonyl (C=O) groups excluding carboxylic acids is 2. The second-order valence-electron chi connectivity index (χ2n) is 7.34. The quantitative estimate of drug-likeness (QED) is 0.833. The SMILES string of the molecule is COC(=O)[C@H]1CC[C@@H](NC(=O)NC[C@@H]2[C@H]3Cc4ccccc4[C@H]23)C1. The molecule has 1 aromatic carbocycles. The van der Waals surface area contributed by atoms with Gasteiger partial charge in [-0.15, -0.1) is 0 Å². The lowest BCUT2D eigenvalue weighted by molar-refractivity contribution is -0.145. The Labute approximate surface area is 142 Å². The first kappa shape index (κ1) is 15.5. The van der Waals surface area contributed by atoms with Crippen molar-refractivity contribution in [3.63, 3.8) is 0 Å². The van der Waals surface area contributed by atoms with Crippen molar-refractivity contribution in [1.82, 2.24) is 10.6 Å². The molecule has 128 valence electrons. The van der Waals surface area contributed by atoms with E-state index in [0.717, 1.165) is 25.8 Å². The van der Waals surface area contributed by atoms with Crippen LogP contribution in [0.15, 0.2) is 24.3 Å². The van der Waals surface area contributed by atoms with E-state index < -0.39 is 0 Å². The summed E-state index contributed by atoms with van der Waals surface area (Å²) in [5.74, 6) is 1.69. The van der Waals surface area contributed by atoms with Gasteiger partial charge >= 0.3 is 12.0 Å². The minimum absolute atomic E-state index is 0.0698. The molecule has 5 nitrogen and oxygen atoms in total. The van der Waals surface area contributed by atoms with Crippen LogP contribution >= 0.6 is 0 Å². The molecule has 0 spiro atoms. The molecule has 5 atom stereocenters. The van der Waals surface area contributed by atoms with Gasteiger partial charge in [0.1, 0.15) is 0 Å². The summed E-state index contributed by atoms with van der Waals surface area (Å²) in [7, 11) is 1.42. The van der Waals surface area contributed by atoms with Crippen LogP contribution in [0.3, 0.4) is 0 Å². The first-order chi connectivity index (χ1) is 11.7. The van der Waals surface area contributed by atoms with Gasteiger partial charge in [-0.3, -0.25) is 4.79 Å². The van der Waals surface area contributed by atoms with Crippen molar-refractivity contribution in [2.24, 2.45) is 17.8 Å². The lowest BCUT2D eigenvalue weighted by Crippen LogP contribution is -2.42. The third-order valence-corrected chi connectivity index (χ3v) is 6.00. The lowest BCUT2D eigenvalue weighted by Gasteiger charge is -2.14. The number of rotatable bonds is 4. The number of fused-ring (bicyclic) bond motifs is 3. The number of benzene rings is 1. The fraction of sp³-hybridized carbons (Fsp3) is 0.579. The molecule has 5 heteroatoms. The van der Waals surface area contributed by atoms with E-state index in [0.29, 0.717) is 24.2 Å². The fourth-order valence-corrected chi connectivity index (χ4v) is 4.70. The molecule has 0 aromatic heterocycles. The minimum Gasteiger partial charge on any atom is -0.469 e. The molecule has 0 radical (unpaired) electrons. The van der Waals surface area contributed by atoms with Crippen LogP contribution in [0.25, 0.3) is 0 Å². The van der Waals surface area contributed by atoms with E-state index in [-0.39, 0.29) is 24.0 Å². The topological polar surface area (TPSA) is 67.4 Å². The molecule has 0 bridgehead atoms. The van der Waals surface area contributed by atoms with Crippen LogP contribution in [0.4, 0.5) is 4.79 Å². The zero-order chi connectivity index (χ0) is 16.7. The highest BCUT2D eigenvalue weighted by molar-refractivity contribution is 5.75. The van der Waals surface area contributed by atoms with E-state index in [2.05, 4.69) is 34.9 Å². The molecular weight excluding hydrogens is 304 g/mol. The monoisotopic (exact) mass is 328 g/mol. The lowest BCUT2D eigenvalue weighted by atomic mass is 10.0. The number of esters is 1.